The van der Waals surface area contributed by atoms with Crippen molar-refractivity contribution < 1.29 is 14.3 Å². The van der Waals surface area contributed by atoms with E-state index < -0.39 is 0 Å². The molecule has 0 radical (unpaired) electrons. The van der Waals surface area contributed by atoms with Crippen molar-refractivity contribution in [1.29, 1.82) is 5.26 Å². The third-order valence-electron chi connectivity index (χ3n) is 4.30. The first-order chi connectivity index (χ1) is 14.9. The number of aromatic nitrogens is 1. The maximum absolute atomic E-state index is 12.8. The lowest BCUT2D eigenvalue weighted by molar-refractivity contribution is -0.116. The van der Waals surface area contributed by atoms with Crippen LogP contribution in [0.2, 0.25) is 5.02 Å². The number of rotatable bonds is 6. The average Bonchev–Trinajstić information content (AvgIpc) is 2.75. The molecule has 1 N–H and O–H groups in total. The number of hydrogen-bond donors (Lipinski definition) is 1. The van der Waals surface area contributed by atoms with Gasteiger partial charge in [-0.15, -0.1) is 0 Å². The fraction of sp³-hybridized carbons (Fsp3) is 0.130. The monoisotopic (exact) mass is 434 g/mol. The zero-order valence-corrected chi connectivity index (χ0v) is 17.7. The number of ether oxygens (including phenoxy) is 1. The molecule has 2 aromatic carbocycles. The van der Waals surface area contributed by atoms with Gasteiger partial charge in [0.1, 0.15) is 28.9 Å². The molecule has 0 aliphatic carbocycles. The molecule has 1 aromatic heterocycles. The molecule has 0 bridgehead atoms. The van der Waals surface area contributed by atoms with Gasteiger partial charge in [-0.05, 0) is 48.9 Å². The van der Waals surface area contributed by atoms with E-state index in [1.165, 1.54) is 11.9 Å². The van der Waals surface area contributed by atoms with Crippen LogP contribution in [0.25, 0.3) is 0 Å². The Morgan fingerprint density at radius 1 is 1.19 bits per heavy atom. The number of hydrogen-bond acceptors (Lipinski definition) is 5. The largest absolute Gasteiger partial charge is 0.456 e. The maximum Gasteiger partial charge on any atom is 0.254 e. The summed E-state index contributed by atoms with van der Waals surface area (Å²) < 4.78 is 5.76. The molecule has 0 spiro atoms. The average molecular weight is 435 g/mol. The van der Waals surface area contributed by atoms with Crippen molar-refractivity contribution in [2.24, 2.45) is 0 Å². The van der Waals surface area contributed by atoms with E-state index in [2.05, 4.69) is 10.3 Å². The van der Waals surface area contributed by atoms with Crippen LogP contribution in [0.4, 0.5) is 5.82 Å². The highest BCUT2D eigenvalue weighted by Crippen LogP contribution is 2.30. The Balaban J connectivity index is 1.68. The Labute approximate surface area is 184 Å². The second kappa shape index (κ2) is 9.74. The van der Waals surface area contributed by atoms with Gasteiger partial charge in [0.05, 0.1) is 11.6 Å². The Morgan fingerprint density at radius 3 is 2.68 bits per heavy atom. The topological polar surface area (TPSA) is 95.3 Å². The number of pyridine rings is 1. The first kappa shape index (κ1) is 21.8. The molecular formula is C23H19ClN4O3. The van der Waals surface area contributed by atoms with Crippen molar-refractivity contribution in [3.8, 4) is 17.6 Å². The third-order valence-corrected chi connectivity index (χ3v) is 4.62. The van der Waals surface area contributed by atoms with Gasteiger partial charge in [-0.25, -0.2) is 4.98 Å². The number of anilines is 1. The summed E-state index contributed by atoms with van der Waals surface area (Å²) in [6.45, 7) is 1.75. The van der Waals surface area contributed by atoms with Crippen LogP contribution in [0.15, 0.2) is 60.8 Å². The van der Waals surface area contributed by atoms with Gasteiger partial charge in [0.2, 0.25) is 5.91 Å². The molecule has 156 valence electrons. The summed E-state index contributed by atoms with van der Waals surface area (Å²) in [6, 6.07) is 16.9. The van der Waals surface area contributed by atoms with Crippen LogP contribution < -0.4 is 10.1 Å². The Morgan fingerprint density at radius 2 is 1.97 bits per heavy atom. The number of carbonyl (C=O) groups excluding carboxylic acids is 2. The number of nitrogens with zero attached hydrogens (tertiary/aromatic N) is 3. The first-order valence-corrected chi connectivity index (χ1v) is 9.69. The quantitative estimate of drug-likeness (QED) is 0.619. The van der Waals surface area contributed by atoms with E-state index in [4.69, 9.17) is 16.3 Å². The van der Waals surface area contributed by atoms with Crippen LogP contribution in [0, 0.1) is 18.3 Å². The molecule has 0 unspecified atom stereocenters. The second-order valence-corrected chi connectivity index (χ2v) is 7.19. The lowest BCUT2D eigenvalue weighted by Crippen LogP contribution is -2.35. The molecule has 0 aliphatic rings. The second-order valence-electron chi connectivity index (χ2n) is 6.78. The standard InChI is InChI=1S/C23H19ClN4O3/c1-15-9-10-21(26-13-15)27-22(29)14-28(2)23(30)16-5-3-6-17(11-16)31-20-8-4-7-19(24)18(20)12-25/h3-11,13H,14H2,1-2H3,(H,26,27,29). The number of carbonyl (C=O) groups is 2. The van der Waals surface area contributed by atoms with Crippen molar-refractivity contribution >= 4 is 29.2 Å². The van der Waals surface area contributed by atoms with Crippen molar-refractivity contribution in [3.05, 3.63) is 82.5 Å². The fourth-order valence-corrected chi connectivity index (χ4v) is 2.96. The number of halogens is 1. The highest BCUT2D eigenvalue weighted by molar-refractivity contribution is 6.31. The van der Waals surface area contributed by atoms with E-state index in [9.17, 15) is 14.9 Å². The van der Waals surface area contributed by atoms with Gasteiger partial charge in [-0.1, -0.05) is 29.8 Å². The molecule has 3 rings (SSSR count). The predicted molar refractivity (Wildman–Crippen MR) is 117 cm³/mol. The molecule has 31 heavy (non-hydrogen) atoms. The fourth-order valence-electron chi connectivity index (χ4n) is 2.75. The molecule has 0 saturated carbocycles. The van der Waals surface area contributed by atoms with Crippen LogP contribution in [-0.2, 0) is 4.79 Å². The minimum absolute atomic E-state index is 0.146. The summed E-state index contributed by atoms with van der Waals surface area (Å²) in [5.74, 6) is 0.354. The van der Waals surface area contributed by atoms with E-state index in [-0.39, 0.29) is 34.7 Å². The lowest BCUT2D eigenvalue weighted by atomic mass is 10.2. The summed E-state index contributed by atoms with van der Waals surface area (Å²) in [5.41, 5.74) is 1.52. The van der Waals surface area contributed by atoms with Crippen molar-refractivity contribution in [2.75, 3.05) is 18.9 Å². The summed E-state index contributed by atoms with van der Waals surface area (Å²) in [6.07, 6.45) is 1.65. The number of nitriles is 1. The molecule has 0 aliphatic heterocycles. The first-order valence-electron chi connectivity index (χ1n) is 9.32. The maximum atomic E-state index is 12.8. The molecule has 1 heterocycles. The van der Waals surface area contributed by atoms with Crippen LogP contribution in [0.3, 0.4) is 0 Å². The summed E-state index contributed by atoms with van der Waals surface area (Å²) in [5, 5.41) is 12.2. The van der Waals surface area contributed by atoms with Gasteiger partial charge in [0.25, 0.3) is 5.91 Å². The Hall–Kier alpha value is -3.89. The zero-order chi connectivity index (χ0) is 22.4. The lowest BCUT2D eigenvalue weighted by Gasteiger charge is -2.17. The molecule has 3 aromatic rings. The third kappa shape index (κ3) is 5.59. The normalized spacial score (nSPS) is 10.1. The minimum Gasteiger partial charge on any atom is -0.456 e. The summed E-state index contributed by atoms with van der Waals surface area (Å²) in [7, 11) is 1.53. The molecule has 0 saturated heterocycles. The van der Waals surface area contributed by atoms with Crippen LogP contribution in [0.5, 0.6) is 11.5 Å². The van der Waals surface area contributed by atoms with E-state index in [1.807, 2.05) is 19.1 Å². The molecule has 0 atom stereocenters. The zero-order valence-electron chi connectivity index (χ0n) is 16.9. The van der Waals surface area contributed by atoms with Crippen molar-refractivity contribution in [2.45, 2.75) is 6.92 Å². The molecular weight excluding hydrogens is 416 g/mol. The van der Waals surface area contributed by atoms with Gasteiger partial charge in [-0.3, -0.25) is 9.59 Å². The van der Waals surface area contributed by atoms with Crippen LogP contribution >= 0.6 is 11.6 Å². The van der Waals surface area contributed by atoms with Gasteiger partial charge >= 0.3 is 0 Å². The van der Waals surface area contributed by atoms with Crippen molar-refractivity contribution in [1.82, 2.24) is 9.88 Å². The van der Waals surface area contributed by atoms with Crippen LogP contribution in [-0.4, -0.2) is 35.3 Å². The van der Waals surface area contributed by atoms with Gasteiger partial charge in [-0.2, -0.15) is 5.26 Å². The molecule has 8 heteroatoms. The van der Waals surface area contributed by atoms with Gasteiger partial charge in [0.15, 0.2) is 0 Å². The summed E-state index contributed by atoms with van der Waals surface area (Å²) in [4.78, 5) is 30.4. The van der Waals surface area contributed by atoms with E-state index in [0.717, 1.165) is 5.56 Å². The van der Waals surface area contributed by atoms with E-state index in [0.29, 0.717) is 17.1 Å². The van der Waals surface area contributed by atoms with Crippen LogP contribution in [0.1, 0.15) is 21.5 Å². The number of nitrogens with one attached hydrogen (secondary N) is 1. The SMILES string of the molecule is Cc1ccc(NC(=O)CN(C)C(=O)c2cccc(Oc3cccc(Cl)c3C#N)c2)nc1. The number of aryl methyl sites for hydroxylation is 1. The molecule has 7 nitrogen and oxygen atoms in total. The Kier molecular flexibility index (Phi) is 6.85. The van der Waals surface area contributed by atoms with E-state index >= 15 is 0 Å². The Bertz CT molecular complexity index is 1160. The highest BCUT2D eigenvalue weighted by Gasteiger charge is 2.17. The van der Waals surface area contributed by atoms with Gasteiger partial charge < -0.3 is 15.0 Å². The van der Waals surface area contributed by atoms with E-state index in [1.54, 1.807) is 54.7 Å². The number of likely N-dealkylation sites (N-methyl/N-ethyl adjacent to an activating group) is 1. The number of amides is 2. The minimum atomic E-state index is -0.364. The smallest absolute Gasteiger partial charge is 0.254 e. The molecule has 2 amide bonds. The predicted octanol–water partition coefficient (Wildman–Crippen LogP) is 4.42. The van der Waals surface area contributed by atoms with Gasteiger partial charge in [0, 0.05) is 18.8 Å². The summed E-state index contributed by atoms with van der Waals surface area (Å²) >= 11 is 6.03. The molecule has 0 fully saturated rings. The van der Waals surface area contributed by atoms with Crippen molar-refractivity contribution in [3.63, 3.8) is 0 Å². The number of benzene rings is 2. The highest BCUT2D eigenvalue weighted by atomic mass is 35.5.